The molecule has 1 rings (SSSR count). The Morgan fingerprint density at radius 3 is 2.87 bits per heavy atom. The molecule has 1 aromatic rings. The minimum atomic E-state index is -0.143. The fourth-order valence-electron chi connectivity index (χ4n) is 1.11. The number of nitrogens with one attached hydrogen (secondary N) is 1. The average Bonchev–Trinajstić information content (AvgIpc) is 2.18. The molecule has 80 valence electrons. The van der Waals surface area contributed by atoms with E-state index in [1.165, 1.54) is 0 Å². The van der Waals surface area contributed by atoms with Crippen LogP contribution in [0.25, 0.3) is 0 Å². The average molecular weight is 289 g/mol. The molecule has 0 fully saturated rings. The zero-order valence-electron chi connectivity index (χ0n) is 8.31. The van der Waals surface area contributed by atoms with Gasteiger partial charge in [-0.3, -0.25) is 4.79 Å². The number of hydrogen-bond acceptors (Lipinski definition) is 1. The summed E-state index contributed by atoms with van der Waals surface area (Å²) in [5.74, 6) is -0.143. The summed E-state index contributed by atoms with van der Waals surface area (Å²) in [7, 11) is 0. The predicted molar refractivity (Wildman–Crippen MR) is 66.2 cm³/mol. The van der Waals surface area contributed by atoms with E-state index in [1.54, 1.807) is 6.07 Å². The molecular formula is C11H11BrClNO. The lowest BCUT2D eigenvalue weighted by Gasteiger charge is -2.07. The summed E-state index contributed by atoms with van der Waals surface area (Å²) in [4.78, 5) is 11.7. The van der Waals surface area contributed by atoms with Crippen LogP contribution in [0.2, 0.25) is 0 Å². The first-order chi connectivity index (χ1) is 7.00. The van der Waals surface area contributed by atoms with Crippen molar-refractivity contribution in [1.82, 2.24) is 5.32 Å². The summed E-state index contributed by atoms with van der Waals surface area (Å²) < 4.78 is 0.878. The van der Waals surface area contributed by atoms with Crippen LogP contribution in [0.5, 0.6) is 0 Å². The first-order valence-electron chi connectivity index (χ1n) is 4.38. The number of carbonyl (C=O) groups excluding carboxylic acids is 1. The van der Waals surface area contributed by atoms with Crippen LogP contribution in [0.15, 0.2) is 34.3 Å². The minimum Gasteiger partial charge on any atom is -0.347 e. The minimum absolute atomic E-state index is 0.143. The number of aryl methyl sites for hydroxylation is 1. The molecule has 1 aromatic carbocycles. The molecule has 2 nitrogen and oxygen atoms in total. The summed E-state index contributed by atoms with van der Waals surface area (Å²) in [6, 6.07) is 5.56. The monoisotopic (exact) mass is 287 g/mol. The van der Waals surface area contributed by atoms with Crippen molar-refractivity contribution in [2.45, 2.75) is 6.92 Å². The van der Waals surface area contributed by atoms with Gasteiger partial charge in [0, 0.05) is 15.1 Å². The van der Waals surface area contributed by atoms with Crippen LogP contribution in [0, 0.1) is 6.92 Å². The van der Waals surface area contributed by atoms with E-state index in [9.17, 15) is 4.79 Å². The second-order valence-electron chi connectivity index (χ2n) is 3.16. The molecule has 0 saturated heterocycles. The van der Waals surface area contributed by atoms with Gasteiger partial charge in [0.05, 0.1) is 6.54 Å². The van der Waals surface area contributed by atoms with Gasteiger partial charge in [-0.15, -0.1) is 0 Å². The summed E-state index contributed by atoms with van der Waals surface area (Å²) in [5.41, 5.74) is 1.57. The quantitative estimate of drug-likeness (QED) is 0.909. The van der Waals surface area contributed by atoms with E-state index in [0.29, 0.717) is 10.6 Å². The number of carbonyl (C=O) groups is 1. The van der Waals surface area contributed by atoms with Crippen LogP contribution in [0.1, 0.15) is 15.9 Å². The van der Waals surface area contributed by atoms with E-state index in [-0.39, 0.29) is 12.5 Å². The summed E-state index contributed by atoms with van der Waals surface area (Å²) in [5, 5.41) is 3.09. The van der Waals surface area contributed by atoms with Crippen LogP contribution >= 0.6 is 27.5 Å². The maximum absolute atomic E-state index is 11.7. The van der Waals surface area contributed by atoms with Gasteiger partial charge in [0.15, 0.2) is 0 Å². The maximum atomic E-state index is 11.7. The molecular weight excluding hydrogens is 277 g/mol. The fourth-order valence-corrected chi connectivity index (χ4v) is 1.54. The molecule has 0 aliphatic rings. The zero-order valence-corrected chi connectivity index (χ0v) is 10.7. The molecule has 0 radical (unpaired) electrons. The van der Waals surface area contributed by atoms with Gasteiger partial charge < -0.3 is 5.32 Å². The van der Waals surface area contributed by atoms with Crippen LogP contribution < -0.4 is 5.32 Å². The largest absolute Gasteiger partial charge is 0.347 e. The highest BCUT2D eigenvalue weighted by atomic mass is 79.9. The van der Waals surface area contributed by atoms with Crippen LogP contribution in [0.4, 0.5) is 0 Å². The normalized spacial score (nSPS) is 9.80. The highest BCUT2D eigenvalue weighted by Crippen LogP contribution is 2.15. The van der Waals surface area contributed by atoms with Crippen molar-refractivity contribution in [3.8, 4) is 0 Å². The van der Waals surface area contributed by atoms with E-state index in [1.807, 2.05) is 19.1 Å². The Balaban J connectivity index is 2.81. The van der Waals surface area contributed by atoms with Gasteiger partial charge in [-0.1, -0.05) is 40.2 Å². The second kappa shape index (κ2) is 5.33. The lowest BCUT2D eigenvalue weighted by Crippen LogP contribution is -2.25. The fraction of sp³-hybridized carbons (Fsp3) is 0.182. The molecule has 0 unspecified atom stereocenters. The van der Waals surface area contributed by atoms with Gasteiger partial charge in [-0.2, -0.15) is 0 Å². The number of halogens is 2. The van der Waals surface area contributed by atoms with Gasteiger partial charge >= 0.3 is 0 Å². The van der Waals surface area contributed by atoms with Gasteiger partial charge in [-0.25, -0.2) is 0 Å². The number of amides is 1. The van der Waals surface area contributed by atoms with Crippen molar-refractivity contribution >= 4 is 33.4 Å². The molecule has 0 atom stereocenters. The van der Waals surface area contributed by atoms with Gasteiger partial charge in [0.25, 0.3) is 5.91 Å². The number of rotatable bonds is 3. The van der Waals surface area contributed by atoms with Crippen LogP contribution in [-0.2, 0) is 0 Å². The summed E-state index contributed by atoms with van der Waals surface area (Å²) in [6.45, 7) is 5.67. The van der Waals surface area contributed by atoms with Crippen LogP contribution in [0.3, 0.4) is 0 Å². The first-order valence-corrected chi connectivity index (χ1v) is 5.55. The van der Waals surface area contributed by atoms with E-state index in [2.05, 4.69) is 27.8 Å². The summed E-state index contributed by atoms with van der Waals surface area (Å²) in [6.07, 6.45) is 0. The van der Waals surface area contributed by atoms with E-state index < -0.39 is 0 Å². The molecule has 0 aliphatic carbocycles. The Labute approximate surface area is 102 Å². The van der Waals surface area contributed by atoms with Crippen molar-refractivity contribution in [2.75, 3.05) is 6.54 Å². The van der Waals surface area contributed by atoms with Crippen molar-refractivity contribution in [3.05, 3.63) is 45.4 Å². The van der Waals surface area contributed by atoms with Crippen molar-refractivity contribution in [1.29, 1.82) is 0 Å². The Kier molecular flexibility index (Phi) is 4.36. The van der Waals surface area contributed by atoms with E-state index in [4.69, 9.17) is 11.6 Å². The highest BCUT2D eigenvalue weighted by Gasteiger charge is 2.08. The third-order valence-electron chi connectivity index (χ3n) is 1.89. The standard InChI is InChI=1S/C11H11BrClNO/c1-7-3-4-9(12)5-10(7)11(15)14-6-8(2)13/h3-5H,2,6H2,1H3,(H,14,15). The summed E-state index contributed by atoms with van der Waals surface area (Å²) >= 11 is 8.88. The molecule has 0 heterocycles. The predicted octanol–water partition coefficient (Wildman–Crippen LogP) is 3.24. The maximum Gasteiger partial charge on any atom is 0.251 e. The SMILES string of the molecule is C=C(Cl)CNC(=O)c1cc(Br)ccc1C. The van der Waals surface area contributed by atoms with Gasteiger partial charge in [-0.05, 0) is 24.6 Å². The Hall–Kier alpha value is -0.800. The topological polar surface area (TPSA) is 29.1 Å². The third-order valence-corrected chi connectivity index (χ3v) is 2.51. The van der Waals surface area contributed by atoms with Crippen molar-refractivity contribution in [2.24, 2.45) is 0 Å². The molecule has 0 bridgehead atoms. The van der Waals surface area contributed by atoms with Gasteiger partial charge in [0.2, 0.25) is 0 Å². The van der Waals surface area contributed by atoms with Crippen molar-refractivity contribution < 1.29 is 4.79 Å². The Morgan fingerprint density at radius 1 is 1.60 bits per heavy atom. The molecule has 0 saturated carbocycles. The molecule has 1 N–H and O–H groups in total. The zero-order chi connectivity index (χ0) is 11.4. The molecule has 15 heavy (non-hydrogen) atoms. The molecule has 1 amide bonds. The molecule has 0 aliphatic heterocycles. The Morgan fingerprint density at radius 2 is 2.27 bits per heavy atom. The molecule has 4 heteroatoms. The molecule has 0 aromatic heterocycles. The number of benzene rings is 1. The molecule has 0 spiro atoms. The third kappa shape index (κ3) is 3.68. The Bertz CT molecular complexity index is 404. The first kappa shape index (κ1) is 12.3. The van der Waals surface area contributed by atoms with Gasteiger partial charge in [0.1, 0.15) is 0 Å². The van der Waals surface area contributed by atoms with Crippen molar-refractivity contribution in [3.63, 3.8) is 0 Å². The highest BCUT2D eigenvalue weighted by molar-refractivity contribution is 9.10. The number of hydrogen-bond donors (Lipinski definition) is 1. The second-order valence-corrected chi connectivity index (χ2v) is 4.61. The lowest BCUT2D eigenvalue weighted by molar-refractivity contribution is 0.0957. The lowest BCUT2D eigenvalue weighted by atomic mass is 10.1. The van der Waals surface area contributed by atoms with E-state index >= 15 is 0 Å². The van der Waals surface area contributed by atoms with E-state index in [0.717, 1.165) is 10.0 Å². The smallest absolute Gasteiger partial charge is 0.251 e. The van der Waals surface area contributed by atoms with Crippen LogP contribution in [-0.4, -0.2) is 12.5 Å².